The van der Waals surface area contributed by atoms with Gasteiger partial charge in [0, 0.05) is 18.2 Å². The standard InChI is InChI=1S/C29H26N2O5/c1-35-27(33)29(28(34)36-2)19-24(21-12-5-3-6-13-21)31(26(32)22-14-7-4-8-15-22)30-18-17-20-11-9-10-16-23(20)25(29)30/h3-18,24-25H,19H2,1-2H3/t24-,25?/m1/s1. The minimum atomic E-state index is -1.72. The summed E-state index contributed by atoms with van der Waals surface area (Å²) < 4.78 is 10.5. The van der Waals surface area contributed by atoms with Gasteiger partial charge in [0.1, 0.15) is 6.04 Å². The minimum absolute atomic E-state index is 0.0156. The average Bonchev–Trinajstić information content (AvgIpc) is 2.95. The Morgan fingerprint density at radius 2 is 1.39 bits per heavy atom. The van der Waals surface area contributed by atoms with Crippen LogP contribution in [0.1, 0.15) is 45.6 Å². The molecule has 1 fully saturated rings. The molecule has 36 heavy (non-hydrogen) atoms. The van der Waals surface area contributed by atoms with Gasteiger partial charge in [-0.1, -0.05) is 72.8 Å². The van der Waals surface area contributed by atoms with E-state index in [-0.39, 0.29) is 12.3 Å². The van der Waals surface area contributed by atoms with Crippen LogP contribution in [0.4, 0.5) is 0 Å². The fourth-order valence-electron chi connectivity index (χ4n) is 5.38. The lowest BCUT2D eigenvalue weighted by Crippen LogP contribution is -2.63. The van der Waals surface area contributed by atoms with Gasteiger partial charge < -0.3 is 9.47 Å². The van der Waals surface area contributed by atoms with E-state index in [0.717, 1.165) is 16.7 Å². The molecular formula is C29H26N2O5. The van der Waals surface area contributed by atoms with Crippen molar-refractivity contribution in [2.24, 2.45) is 5.41 Å². The summed E-state index contributed by atoms with van der Waals surface area (Å²) in [6.07, 6.45) is 3.62. The number of benzene rings is 3. The van der Waals surface area contributed by atoms with Crippen molar-refractivity contribution >= 4 is 23.9 Å². The van der Waals surface area contributed by atoms with Crippen LogP contribution in [0.5, 0.6) is 0 Å². The van der Waals surface area contributed by atoms with Crippen LogP contribution in [-0.4, -0.2) is 42.1 Å². The molecule has 1 amide bonds. The molecule has 0 bridgehead atoms. The van der Waals surface area contributed by atoms with Crippen LogP contribution >= 0.6 is 0 Å². The highest BCUT2D eigenvalue weighted by molar-refractivity contribution is 6.02. The third kappa shape index (κ3) is 3.55. The normalized spacial score (nSPS) is 19.6. The molecule has 3 aromatic carbocycles. The maximum Gasteiger partial charge on any atom is 0.325 e. The van der Waals surface area contributed by atoms with Crippen LogP contribution in [0.2, 0.25) is 0 Å². The summed E-state index contributed by atoms with van der Waals surface area (Å²) in [6, 6.07) is 24.4. The van der Waals surface area contributed by atoms with Gasteiger partial charge in [0.05, 0.1) is 20.3 Å². The maximum absolute atomic E-state index is 14.1. The van der Waals surface area contributed by atoms with E-state index in [4.69, 9.17) is 9.47 Å². The Hall–Kier alpha value is -4.39. The summed E-state index contributed by atoms with van der Waals surface area (Å²) in [6.45, 7) is 0. The molecule has 7 nitrogen and oxygen atoms in total. The largest absolute Gasteiger partial charge is 0.468 e. The van der Waals surface area contributed by atoms with Crippen LogP contribution in [0.3, 0.4) is 0 Å². The molecule has 7 heteroatoms. The van der Waals surface area contributed by atoms with Crippen molar-refractivity contribution in [3.63, 3.8) is 0 Å². The average molecular weight is 483 g/mol. The quantitative estimate of drug-likeness (QED) is 0.401. The Bertz CT molecular complexity index is 1310. The highest BCUT2D eigenvalue weighted by Gasteiger charge is 2.64. The number of hydrogen-bond acceptors (Lipinski definition) is 6. The zero-order valence-corrected chi connectivity index (χ0v) is 20.0. The number of carbonyl (C=O) groups is 3. The summed E-state index contributed by atoms with van der Waals surface area (Å²) in [5, 5.41) is 3.35. The van der Waals surface area contributed by atoms with Crippen LogP contribution in [0, 0.1) is 5.41 Å². The molecule has 1 saturated heterocycles. The van der Waals surface area contributed by atoms with Gasteiger partial charge in [-0.2, -0.15) is 0 Å². The summed E-state index contributed by atoms with van der Waals surface area (Å²) >= 11 is 0. The Kier molecular flexibility index (Phi) is 6.06. The van der Waals surface area contributed by atoms with E-state index in [0.29, 0.717) is 5.56 Å². The monoisotopic (exact) mass is 482 g/mol. The van der Waals surface area contributed by atoms with E-state index in [9.17, 15) is 14.4 Å². The Morgan fingerprint density at radius 3 is 2.03 bits per heavy atom. The highest BCUT2D eigenvalue weighted by atomic mass is 16.5. The van der Waals surface area contributed by atoms with E-state index < -0.39 is 29.4 Å². The molecule has 0 spiro atoms. The minimum Gasteiger partial charge on any atom is -0.468 e. The molecule has 0 N–H and O–H groups in total. The van der Waals surface area contributed by atoms with Crippen molar-refractivity contribution in [3.8, 4) is 0 Å². The van der Waals surface area contributed by atoms with Gasteiger partial charge in [-0.3, -0.25) is 19.4 Å². The fraction of sp³-hybridized carbons (Fsp3) is 0.207. The van der Waals surface area contributed by atoms with Crippen LogP contribution in [0.15, 0.2) is 91.1 Å². The lowest BCUT2D eigenvalue weighted by molar-refractivity contribution is -0.195. The van der Waals surface area contributed by atoms with E-state index in [1.165, 1.54) is 14.2 Å². The van der Waals surface area contributed by atoms with Gasteiger partial charge >= 0.3 is 11.9 Å². The number of nitrogens with zero attached hydrogens (tertiary/aromatic N) is 2. The van der Waals surface area contributed by atoms with E-state index in [1.54, 1.807) is 40.5 Å². The molecule has 0 aliphatic carbocycles. The molecule has 0 aromatic heterocycles. The Balaban J connectivity index is 1.78. The maximum atomic E-state index is 14.1. The van der Waals surface area contributed by atoms with Crippen molar-refractivity contribution in [3.05, 3.63) is 113 Å². The SMILES string of the molecule is COC(=O)C1(C(=O)OC)C[C@H](c2ccccc2)N(C(=O)c2ccccc2)N2C=Cc3ccccc3C21. The fourth-order valence-corrected chi connectivity index (χ4v) is 5.38. The van der Waals surface area contributed by atoms with Crippen molar-refractivity contribution in [2.75, 3.05) is 14.2 Å². The molecule has 1 unspecified atom stereocenters. The van der Waals surface area contributed by atoms with Gasteiger partial charge in [0.15, 0.2) is 5.41 Å². The predicted octanol–water partition coefficient (Wildman–Crippen LogP) is 4.55. The third-order valence-corrected chi connectivity index (χ3v) is 7.00. The summed E-state index contributed by atoms with van der Waals surface area (Å²) in [7, 11) is 2.53. The second kappa shape index (κ2) is 9.34. The second-order valence-corrected chi connectivity index (χ2v) is 8.83. The van der Waals surface area contributed by atoms with Crippen LogP contribution < -0.4 is 0 Å². The smallest absolute Gasteiger partial charge is 0.325 e. The van der Waals surface area contributed by atoms with Gasteiger partial charge in [0.2, 0.25) is 0 Å². The number of carbonyl (C=O) groups excluding carboxylic acids is 3. The lowest BCUT2D eigenvalue weighted by Gasteiger charge is -2.56. The van der Waals surface area contributed by atoms with E-state index in [1.807, 2.05) is 66.7 Å². The first-order valence-electron chi connectivity index (χ1n) is 11.7. The van der Waals surface area contributed by atoms with Crippen LogP contribution in [0.25, 0.3) is 6.08 Å². The van der Waals surface area contributed by atoms with Gasteiger partial charge in [0.25, 0.3) is 5.91 Å². The summed E-state index contributed by atoms with van der Waals surface area (Å²) in [4.78, 5) is 41.3. The molecule has 2 heterocycles. The van der Waals surface area contributed by atoms with Crippen molar-refractivity contribution < 1.29 is 23.9 Å². The zero-order valence-electron chi connectivity index (χ0n) is 20.0. The zero-order chi connectivity index (χ0) is 25.3. The number of amides is 1. The van der Waals surface area contributed by atoms with Gasteiger partial charge in [-0.25, -0.2) is 5.01 Å². The van der Waals surface area contributed by atoms with E-state index >= 15 is 0 Å². The van der Waals surface area contributed by atoms with Gasteiger partial charge in [-0.05, 0) is 34.9 Å². The second-order valence-electron chi connectivity index (χ2n) is 8.83. The molecular weight excluding hydrogens is 456 g/mol. The summed E-state index contributed by atoms with van der Waals surface area (Å²) in [5.74, 6) is -1.66. The Labute approximate surface area is 209 Å². The number of rotatable bonds is 4. The van der Waals surface area contributed by atoms with Crippen LogP contribution in [-0.2, 0) is 19.1 Å². The molecule has 0 radical (unpaired) electrons. The molecule has 5 rings (SSSR count). The number of ether oxygens (including phenoxy) is 2. The van der Waals surface area contributed by atoms with E-state index in [2.05, 4.69) is 0 Å². The highest BCUT2D eigenvalue weighted by Crippen LogP contribution is 2.56. The molecule has 182 valence electrons. The van der Waals surface area contributed by atoms with Crippen molar-refractivity contribution in [2.45, 2.75) is 18.5 Å². The number of hydrazine groups is 1. The third-order valence-electron chi connectivity index (χ3n) is 7.00. The molecule has 0 saturated carbocycles. The number of fused-ring (bicyclic) bond motifs is 3. The van der Waals surface area contributed by atoms with Crippen molar-refractivity contribution in [1.82, 2.24) is 10.0 Å². The Morgan fingerprint density at radius 1 is 0.806 bits per heavy atom. The molecule has 2 aliphatic heterocycles. The first-order valence-corrected chi connectivity index (χ1v) is 11.7. The first kappa shape index (κ1) is 23.4. The molecule has 2 aliphatic rings. The van der Waals surface area contributed by atoms with Gasteiger partial charge in [-0.15, -0.1) is 0 Å². The summed E-state index contributed by atoms with van der Waals surface area (Å²) in [5.41, 5.74) is 1.13. The number of hydrogen-bond donors (Lipinski definition) is 0. The first-order chi connectivity index (χ1) is 17.5. The molecule has 3 aromatic rings. The number of esters is 2. The topological polar surface area (TPSA) is 76.2 Å². The number of methoxy groups -OCH3 is 2. The van der Waals surface area contributed by atoms with Crippen molar-refractivity contribution in [1.29, 1.82) is 0 Å². The molecule has 2 atom stereocenters. The predicted molar refractivity (Wildman–Crippen MR) is 133 cm³/mol. The lowest BCUT2D eigenvalue weighted by atomic mass is 9.67.